The number of nitrogens with one attached hydrogen (secondary N) is 1. The molecule has 0 aromatic heterocycles. The Morgan fingerprint density at radius 2 is 2.60 bits per heavy atom. The van der Waals surface area contributed by atoms with Gasteiger partial charge in [-0.3, -0.25) is 5.32 Å². The number of aldehydes is 1. The van der Waals surface area contributed by atoms with Crippen LogP contribution >= 0.6 is 0 Å². The quantitative estimate of drug-likeness (QED) is 0.510. The zero-order valence-corrected chi connectivity index (χ0v) is 5.80. The van der Waals surface area contributed by atoms with Crippen molar-refractivity contribution in [2.45, 2.75) is 24.4 Å². The number of fused-ring (bicyclic) bond motifs is 2. The van der Waals surface area contributed by atoms with Gasteiger partial charge in [0, 0.05) is 6.04 Å². The van der Waals surface area contributed by atoms with E-state index in [0.717, 1.165) is 25.7 Å². The van der Waals surface area contributed by atoms with E-state index in [9.17, 15) is 4.79 Å². The fourth-order valence-electron chi connectivity index (χ4n) is 1.73. The molecule has 2 aliphatic heterocycles. The number of hydrogen-bond acceptors (Lipinski definition) is 3. The summed E-state index contributed by atoms with van der Waals surface area (Å²) in [6, 6.07) is 0.430. The fraction of sp³-hybridized carbons (Fsp3) is 0.857. The first-order chi connectivity index (χ1) is 4.85. The third-order valence-corrected chi connectivity index (χ3v) is 2.33. The Balaban J connectivity index is 2.16. The maximum Gasteiger partial charge on any atom is 0.142 e. The molecule has 0 aromatic carbocycles. The number of ether oxygens (including phenoxy) is 1. The SMILES string of the molecule is O=CC12CCC(COC1)N2. The van der Waals surface area contributed by atoms with Crippen LogP contribution in [0.1, 0.15) is 12.8 Å². The van der Waals surface area contributed by atoms with Gasteiger partial charge >= 0.3 is 0 Å². The third kappa shape index (κ3) is 0.777. The summed E-state index contributed by atoms with van der Waals surface area (Å²) in [5.74, 6) is 0. The molecule has 0 saturated carbocycles. The lowest BCUT2D eigenvalue weighted by molar-refractivity contribution is -0.117. The Morgan fingerprint density at radius 1 is 1.70 bits per heavy atom. The molecule has 2 rings (SSSR count). The average molecular weight is 141 g/mol. The average Bonchev–Trinajstić information content (AvgIpc) is 2.29. The van der Waals surface area contributed by atoms with Crippen molar-refractivity contribution in [2.75, 3.05) is 13.2 Å². The molecule has 3 heteroatoms. The Bertz CT molecular complexity index is 156. The lowest BCUT2D eigenvalue weighted by Gasteiger charge is -2.28. The van der Waals surface area contributed by atoms with Gasteiger partial charge in [-0.1, -0.05) is 0 Å². The third-order valence-electron chi connectivity index (χ3n) is 2.33. The van der Waals surface area contributed by atoms with Gasteiger partial charge in [0.2, 0.25) is 0 Å². The van der Waals surface area contributed by atoms with Crippen LogP contribution in [0.5, 0.6) is 0 Å². The minimum absolute atomic E-state index is 0.317. The van der Waals surface area contributed by atoms with Gasteiger partial charge in [-0.15, -0.1) is 0 Å². The standard InChI is InChI=1S/C7H11NO2/c9-4-7-2-1-6(8-7)3-10-5-7/h4,6,8H,1-3,5H2. The minimum atomic E-state index is -0.317. The maximum absolute atomic E-state index is 10.6. The molecule has 2 atom stereocenters. The van der Waals surface area contributed by atoms with E-state index in [1.165, 1.54) is 0 Å². The van der Waals surface area contributed by atoms with Crippen molar-refractivity contribution in [3.8, 4) is 0 Å². The number of morpholine rings is 1. The molecule has 0 aromatic rings. The highest BCUT2D eigenvalue weighted by Crippen LogP contribution is 2.26. The highest BCUT2D eigenvalue weighted by Gasteiger charge is 2.41. The topological polar surface area (TPSA) is 38.3 Å². The van der Waals surface area contributed by atoms with Gasteiger partial charge in [-0.2, -0.15) is 0 Å². The summed E-state index contributed by atoms with van der Waals surface area (Å²) in [5, 5.41) is 3.26. The highest BCUT2D eigenvalue weighted by atomic mass is 16.5. The van der Waals surface area contributed by atoms with Crippen molar-refractivity contribution in [3.05, 3.63) is 0 Å². The molecular weight excluding hydrogens is 130 g/mol. The predicted octanol–water partition coefficient (Wildman–Crippen LogP) is -0.294. The van der Waals surface area contributed by atoms with Crippen LogP contribution in [0, 0.1) is 0 Å². The Kier molecular flexibility index (Phi) is 1.28. The van der Waals surface area contributed by atoms with Crippen molar-refractivity contribution < 1.29 is 9.53 Å². The molecule has 2 aliphatic rings. The van der Waals surface area contributed by atoms with Crippen molar-refractivity contribution in [2.24, 2.45) is 0 Å². The lowest BCUT2D eigenvalue weighted by atomic mass is 10.0. The van der Waals surface area contributed by atoms with E-state index in [1.54, 1.807) is 0 Å². The number of carbonyl (C=O) groups excluding carboxylic acids is 1. The lowest BCUT2D eigenvalue weighted by Crippen LogP contribution is -2.53. The Hall–Kier alpha value is -0.410. The van der Waals surface area contributed by atoms with E-state index in [4.69, 9.17) is 4.74 Å². The first-order valence-corrected chi connectivity index (χ1v) is 3.66. The van der Waals surface area contributed by atoms with E-state index in [-0.39, 0.29) is 5.54 Å². The van der Waals surface area contributed by atoms with Gasteiger partial charge in [-0.25, -0.2) is 0 Å². The molecule has 0 spiro atoms. The van der Waals surface area contributed by atoms with Gasteiger partial charge in [0.15, 0.2) is 0 Å². The summed E-state index contributed by atoms with van der Waals surface area (Å²) in [6.07, 6.45) is 3.02. The van der Waals surface area contributed by atoms with Gasteiger partial charge in [0.25, 0.3) is 0 Å². The first-order valence-electron chi connectivity index (χ1n) is 3.66. The fourth-order valence-corrected chi connectivity index (χ4v) is 1.73. The molecule has 10 heavy (non-hydrogen) atoms. The second-order valence-electron chi connectivity index (χ2n) is 3.17. The maximum atomic E-state index is 10.6. The van der Waals surface area contributed by atoms with Crippen molar-refractivity contribution in [1.29, 1.82) is 0 Å². The molecule has 0 aliphatic carbocycles. The second kappa shape index (κ2) is 2.04. The van der Waals surface area contributed by atoms with Crippen LogP contribution in [0.3, 0.4) is 0 Å². The molecule has 2 heterocycles. The first kappa shape index (κ1) is 6.31. The van der Waals surface area contributed by atoms with E-state index in [2.05, 4.69) is 5.32 Å². The van der Waals surface area contributed by atoms with E-state index in [1.807, 2.05) is 0 Å². The van der Waals surface area contributed by atoms with Crippen LogP contribution in [0.2, 0.25) is 0 Å². The molecule has 1 N–H and O–H groups in total. The normalized spacial score (nSPS) is 45.4. The van der Waals surface area contributed by atoms with Crippen molar-refractivity contribution in [3.63, 3.8) is 0 Å². The summed E-state index contributed by atoms with van der Waals surface area (Å²) in [4.78, 5) is 10.6. The van der Waals surface area contributed by atoms with Crippen LogP contribution in [-0.4, -0.2) is 31.1 Å². The second-order valence-corrected chi connectivity index (χ2v) is 3.17. The molecule has 2 unspecified atom stereocenters. The van der Waals surface area contributed by atoms with Crippen LogP contribution in [-0.2, 0) is 9.53 Å². The monoisotopic (exact) mass is 141 g/mol. The summed E-state index contributed by atoms with van der Waals surface area (Å²) < 4.78 is 5.26. The molecule has 3 nitrogen and oxygen atoms in total. The molecule has 2 saturated heterocycles. The van der Waals surface area contributed by atoms with Crippen LogP contribution in [0.4, 0.5) is 0 Å². The molecule has 2 bridgehead atoms. The highest BCUT2D eigenvalue weighted by molar-refractivity contribution is 5.65. The summed E-state index contributed by atoms with van der Waals surface area (Å²) in [6.45, 7) is 1.34. The van der Waals surface area contributed by atoms with E-state index in [0.29, 0.717) is 12.6 Å². The number of hydrogen-bond donors (Lipinski definition) is 1. The summed E-state index contributed by atoms with van der Waals surface area (Å²) >= 11 is 0. The molecule has 0 radical (unpaired) electrons. The molecule has 2 fully saturated rings. The Morgan fingerprint density at radius 3 is 3.30 bits per heavy atom. The summed E-state index contributed by atoms with van der Waals surface area (Å²) in [5.41, 5.74) is -0.317. The van der Waals surface area contributed by atoms with Crippen molar-refractivity contribution in [1.82, 2.24) is 5.32 Å². The van der Waals surface area contributed by atoms with Gasteiger partial charge in [0.1, 0.15) is 6.29 Å². The zero-order valence-electron chi connectivity index (χ0n) is 5.80. The zero-order chi connectivity index (χ0) is 7.03. The van der Waals surface area contributed by atoms with Crippen LogP contribution < -0.4 is 5.32 Å². The predicted molar refractivity (Wildman–Crippen MR) is 35.8 cm³/mol. The van der Waals surface area contributed by atoms with Crippen LogP contribution in [0.25, 0.3) is 0 Å². The van der Waals surface area contributed by atoms with E-state index < -0.39 is 0 Å². The molecule has 56 valence electrons. The van der Waals surface area contributed by atoms with Gasteiger partial charge in [-0.05, 0) is 12.8 Å². The smallest absolute Gasteiger partial charge is 0.142 e. The minimum Gasteiger partial charge on any atom is -0.377 e. The van der Waals surface area contributed by atoms with Crippen LogP contribution in [0.15, 0.2) is 0 Å². The molecular formula is C7H11NO2. The molecule has 0 amide bonds. The number of carbonyl (C=O) groups is 1. The van der Waals surface area contributed by atoms with Gasteiger partial charge < -0.3 is 9.53 Å². The summed E-state index contributed by atoms with van der Waals surface area (Å²) in [7, 11) is 0. The Labute approximate surface area is 59.7 Å². The number of rotatable bonds is 1. The van der Waals surface area contributed by atoms with E-state index >= 15 is 0 Å². The van der Waals surface area contributed by atoms with Crippen molar-refractivity contribution >= 4 is 6.29 Å². The van der Waals surface area contributed by atoms with Gasteiger partial charge in [0.05, 0.1) is 18.8 Å². The largest absolute Gasteiger partial charge is 0.377 e.